The Morgan fingerprint density at radius 2 is 1.66 bits per heavy atom. The first kappa shape index (κ1) is 19.1. The normalized spacial score (nSPS) is 38.3. The van der Waals surface area contributed by atoms with Gasteiger partial charge in [-0.3, -0.25) is 9.59 Å². The van der Waals surface area contributed by atoms with Crippen LogP contribution in [0.5, 0.6) is 0 Å². The molecule has 5 nitrogen and oxygen atoms in total. The summed E-state index contributed by atoms with van der Waals surface area (Å²) in [5.74, 6) is 0.775. The fourth-order valence-electron chi connectivity index (χ4n) is 7.43. The van der Waals surface area contributed by atoms with E-state index in [0.717, 1.165) is 32.1 Å². The molecule has 4 atom stereocenters. The standard InChI is InChI=1S/C24H32N2O3/c1-2-22-12-18-13-23(15-22,17-24(29,14-18)16-22)21(28)26-10-8-25(9-11-26)20(27)19-6-4-3-5-7-19/h3-7,18,29H,2,8-17H2,1H3. The number of amides is 2. The maximum Gasteiger partial charge on any atom is 0.253 e. The van der Waals surface area contributed by atoms with Crippen LogP contribution in [0.4, 0.5) is 0 Å². The van der Waals surface area contributed by atoms with E-state index in [1.807, 2.05) is 40.1 Å². The van der Waals surface area contributed by atoms with Crippen molar-refractivity contribution in [2.75, 3.05) is 26.2 Å². The summed E-state index contributed by atoms with van der Waals surface area (Å²) in [7, 11) is 0. The van der Waals surface area contributed by atoms with Gasteiger partial charge in [-0.25, -0.2) is 0 Å². The van der Waals surface area contributed by atoms with E-state index in [9.17, 15) is 14.7 Å². The molecule has 4 saturated carbocycles. The Balaban J connectivity index is 1.29. The van der Waals surface area contributed by atoms with Crippen LogP contribution < -0.4 is 0 Å². The second-order valence-corrected chi connectivity index (χ2v) is 10.3. The molecule has 5 heteroatoms. The third-order valence-electron chi connectivity index (χ3n) is 8.23. The monoisotopic (exact) mass is 396 g/mol. The van der Waals surface area contributed by atoms with Crippen LogP contribution in [0.2, 0.25) is 0 Å². The number of aliphatic hydroxyl groups is 1. The maximum absolute atomic E-state index is 13.7. The Bertz CT molecular complexity index is 819. The lowest BCUT2D eigenvalue weighted by Gasteiger charge is -2.65. The highest BCUT2D eigenvalue weighted by Crippen LogP contribution is 2.68. The van der Waals surface area contributed by atoms with Gasteiger partial charge in [0.1, 0.15) is 0 Å². The molecule has 1 saturated heterocycles. The summed E-state index contributed by atoms with van der Waals surface area (Å²) in [6, 6.07) is 9.37. The van der Waals surface area contributed by atoms with E-state index in [1.165, 1.54) is 6.42 Å². The Morgan fingerprint density at radius 3 is 2.31 bits per heavy atom. The van der Waals surface area contributed by atoms with Crippen molar-refractivity contribution in [3.8, 4) is 0 Å². The van der Waals surface area contributed by atoms with Crippen LogP contribution in [-0.4, -0.2) is 58.5 Å². The van der Waals surface area contributed by atoms with E-state index < -0.39 is 5.60 Å². The zero-order chi connectivity index (χ0) is 20.3. The van der Waals surface area contributed by atoms with Gasteiger partial charge in [-0.15, -0.1) is 0 Å². The van der Waals surface area contributed by atoms with E-state index in [4.69, 9.17) is 0 Å². The van der Waals surface area contributed by atoms with Crippen molar-refractivity contribution >= 4 is 11.8 Å². The SMILES string of the molecule is CCC12CC3CC(O)(C1)CC(C(=O)N1CCN(C(=O)c4ccccc4)CC1)(C3)C2. The molecule has 156 valence electrons. The molecule has 1 aliphatic heterocycles. The number of rotatable bonds is 3. The number of piperazine rings is 1. The molecule has 0 spiro atoms. The Kier molecular flexibility index (Phi) is 4.32. The topological polar surface area (TPSA) is 60.9 Å². The zero-order valence-electron chi connectivity index (χ0n) is 17.4. The summed E-state index contributed by atoms with van der Waals surface area (Å²) in [6.07, 6.45) is 6.52. The Morgan fingerprint density at radius 1 is 0.966 bits per heavy atom. The minimum absolute atomic E-state index is 0.0479. The number of nitrogens with zero attached hydrogens (tertiary/aromatic N) is 2. The molecule has 6 rings (SSSR count). The third kappa shape index (κ3) is 3.09. The number of benzene rings is 1. The van der Waals surface area contributed by atoms with Crippen molar-refractivity contribution < 1.29 is 14.7 Å². The van der Waals surface area contributed by atoms with Gasteiger partial charge in [-0.2, -0.15) is 0 Å². The summed E-state index contributed by atoms with van der Waals surface area (Å²) in [5, 5.41) is 11.2. The van der Waals surface area contributed by atoms with Gasteiger partial charge in [-0.05, 0) is 62.0 Å². The molecule has 29 heavy (non-hydrogen) atoms. The fourth-order valence-corrected chi connectivity index (χ4v) is 7.43. The maximum atomic E-state index is 13.7. The average molecular weight is 397 g/mol. The van der Waals surface area contributed by atoms with Crippen LogP contribution in [0, 0.1) is 16.7 Å². The average Bonchev–Trinajstić information content (AvgIpc) is 2.72. The molecule has 1 aromatic rings. The lowest BCUT2D eigenvalue weighted by Crippen LogP contribution is -2.65. The first-order valence-corrected chi connectivity index (χ1v) is 11.2. The molecule has 4 unspecified atom stereocenters. The first-order valence-electron chi connectivity index (χ1n) is 11.2. The molecule has 1 aromatic carbocycles. The van der Waals surface area contributed by atoms with Crippen LogP contribution in [0.1, 0.15) is 62.2 Å². The van der Waals surface area contributed by atoms with Gasteiger partial charge in [0.05, 0.1) is 11.0 Å². The van der Waals surface area contributed by atoms with E-state index in [1.54, 1.807) is 0 Å². The Hall–Kier alpha value is -1.88. The van der Waals surface area contributed by atoms with Crippen molar-refractivity contribution in [2.45, 2.75) is 57.5 Å². The molecular formula is C24H32N2O3. The smallest absolute Gasteiger partial charge is 0.253 e. The molecule has 4 aliphatic carbocycles. The molecule has 0 aromatic heterocycles. The quantitative estimate of drug-likeness (QED) is 0.854. The summed E-state index contributed by atoms with van der Waals surface area (Å²) >= 11 is 0. The van der Waals surface area contributed by atoms with Gasteiger partial charge in [0.25, 0.3) is 5.91 Å². The molecule has 5 aliphatic rings. The van der Waals surface area contributed by atoms with Crippen molar-refractivity contribution in [3.05, 3.63) is 35.9 Å². The lowest BCUT2D eigenvalue weighted by molar-refractivity contribution is -0.210. The summed E-state index contributed by atoms with van der Waals surface area (Å²) < 4.78 is 0. The predicted octanol–water partition coefficient (Wildman–Crippen LogP) is 3.08. The van der Waals surface area contributed by atoms with Gasteiger partial charge in [0, 0.05) is 31.7 Å². The van der Waals surface area contributed by atoms with Crippen LogP contribution in [0.15, 0.2) is 30.3 Å². The highest BCUT2D eigenvalue weighted by atomic mass is 16.3. The molecule has 1 N–H and O–H groups in total. The fraction of sp³-hybridized carbons (Fsp3) is 0.667. The highest BCUT2D eigenvalue weighted by Gasteiger charge is 2.65. The summed E-state index contributed by atoms with van der Waals surface area (Å²) in [6.45, 7) is 4.59. The van der Waals surface area contributed by atoms with Crippen LogP contribution in [-0.2, 0) is 4.79 Å². The minimum atomic E-state index is -0.643. The predicted molar refractivity (Wildman–Crippen MR) is 110 cm³/mol. The van der Waals surface area contributed by atoms with Gasteiger partial charge in [-0.1, -0.05) is 31.5 Å². The van der Waals surface area contributed by atoms with Crippen molar-refractivity contribution in [1.29, 1.82) is 0 Å². The van der Waals surface area contributed by atoms with Crippen LogP contribution >= 0.6 is 0 Å². The van der Waals surface area contributed by atoms with E-state index in [-0.39, 0.29) is 22.6 Å². The number of carbonyl (C=O) groups is 2. The van der Waals surface area contributed by atoms with Crippen LogP contribution in [0.25, 0.3) is 0 Å². The van der Waals surface area contributed by atoms with Crippen molar-refractivity contribution in [1.82, 2.24) is 9.80 Å². The largest absolute Gasteiger partial charge is 0.390 e. The van der Waals surface area contributed by atoms with Gasteiger partial charge >= 0.3 is 0 Å². The molecular weight excluding hydrogens is 364 g/mol. The molecule has 2 amide bonds. The summed E-state index contributed by atoms with van der Waals surface area (Å²) in [5.41, 5.74) is -0.165. The molecule has 0 radical (unpaired) electrons. The Labute approximate surface area is 173 Å². The van der Waals surface area contributed by atoms with Crippen LogP contribution in [0.3, 0.4) is 0 Å². The second kappa shape index (κ2) is 6.56. The van der Waals surface area contributed by atoms with E-state index in [0.29, 0.717) is 44.1 Å². The van der Waals surface area contributed by atoms with Gasteiger partial charge in [0.15, 0.2) is 0 Å². The lowest BCUT2D eigenvalue weighted by atomic mass is 9.42. The minimum Gasteiger partial charge on any atom is -0.390 e. The van der Waals surface area contributed by atoms with Crippen molar-refractivity contribution in [2.24, 2.45) is 16.7 Å². The zero-order valence-corrected chi connectivity index (χ0v) is 17.4. The molecule has 5 fully saturated rings. The van der Waals surface area contributed by atoms with Gasteiger partial charge in [0.2, 0.25) is 5.91 Å². The number of hydrogen-bond donors (Lipinski definition) is 1. The second-order valence-electron chi connectivity index (χ2n) is 10.3. The number of hydrogen-bond acceptors (Lipinski definition) is 3. The first-order chi connectivity index (χ1) is 13.9. The summed E-state index contributed by atoms with van der Waals surface area (Å²) in [4.78, 5) is 30.3. The van der Waals surface area contributed by atoms with Gasteiger partial charge < -0.3 is 14.9 Å². The third-order valence-corrected chi connectivity index (χ3v) is 8.23. The van der Waals surface area contributed by atoms with Crippen molar-refractivity contribution in [3.63, 3.8) is 0 Å². The molecule has 4 bridgehead atoms. The highest BCUT2D eigenvalue weighted by molar-refractivity contribution is 5.94. The van der Waals surface area contributed by atoms with E-state index in [2.05, 4.69) is 6.92 Å². The number of carbonyl (C=O) groups excluding carboxylic acids is 2. The van der Waals surface area contributed by atoms with E-state index >= 15 is 0 Å². The molecule has 1 heterocycles.